The maximum Gasteiger partial charge on any atom is 0.133 e. The summed E-state index contributed by atoms with van der Waals surface area (Å²) in [6, 6.07) is 5.39. The van der Waals surface area contributed by atoms with Gasteiger partial charge in [0.25, 0.3) is 0 Å². The fourth-order valence-corrected chi connectivity index (χ4v) is 4.03. The van der Waals surface area contributed by atoms with Gasteiger partial charge >= 0.3 is 0 Å². The van der Waals surface area contributed by atoms with Gasteiger partial charge in [0.2, 0.25) is 0 Å². The number of nitrogens with one attached hydrogen (secondary N) is 1. The van der Waals surface area contributed by atoms with Crippen LogP contribution in [-0.4, -0.2) is 24.6 Å². The molecular weight excluding hydrogens is 246 g/mol. The number of piperidine rings is 1. The van der Waals surface area contributed by atoms with E-state index in [9.17, 15) is 0 Å². The molecule has 2 heterocycles. The van der Waals surface area contributed by atoms with Crippen molar-refractivity contribution in [3.63, 3.8) is 0 Å². The predicted molar refractivity (Wildman–Crippen MR) is 84.0 cm³/mol. The Bertz CT molecular complexity index is 444. The van der Waals surface area contributed by atoms with E-state index in [-0.39, 0.29) is 0 Å². The average Bonchev–Trinajstić information content (AvgIpc) is 2.53. The van der Waals surface area contributed by atoms with E-state index in [1.54, 1.807) is 0 Å². The molecule has 2 aliphatic rings. The van der Waals surface area contributed by atoms with Crippen LogP contribution in [0.1, 0.15) is 57.1 Å². The third-order valence-corrected chi connectivity index (χ3v) is 5.23. The first-order valence-corrected chi connectivity index (χ1v) is 8.20. The summed E-state index contributed by atoms with van der Waals surface area (Å²) in [5, 5.41) is 3.37. The van der Waals surface area contributed by atoms with Crippen molar-refractivity contribution in [2.75, 3.05) is 18.5 Å². The molecule has 110 valence electrons. The van der Waals surface area contributed by atoms with Gasteiger partial charge in [0.15, 0.2) is 0 Å². The van der Waals surface area contributed by atoms with Crippen molar-refractivity contribution in [2.24, 2.45) is 5.92 Å². The molecule has 0 spiro atoms. The highest BCUT2D eigenvalue weighted by atomic mass is 15.2. The second kappa shape index (κ2) is 6.13. The van der Waals surface area contributed by atoms with Gasteiger partial charge in [-0.2, -0.15) is 0 Å². The van der Waals surface area contributed by atoms with Crippen molar-refractivity contribution >= 4 is 5.82 Å². The second-order valence-electron chi connectivity index (χ2n) is 6.37. The van der Waals surface area contributed by atoms with E-state index in [2.05, 4.69) is 29.3 Å². The van der Waals surface area contributed by atoms with Gasteiger partial charge in [-0.25, -0.2) is 4.98 Å². The highest BCUT2D eigenvalue weighted by Gasteiger charge is 2.34. The lowest BCUT2D eigenvalue weighted by Gasteiger charge is -2.45. The van der Waals surface area contributed by atoms with Gasteiger partial charge in [-0.05, 0) is 51.6 Å². The van der Waals surface area contributed by atoms with E-state index < -0.39 is 0 Å². The van der Waals surface area contributed by atoms with Crippen molar-refractivity contribution < 1.29 is 0 Å². The Kier molecular flexibility index (Phi) is 4.25. The topological polar surface area (TPSA) is 28.2 Å². The van der Waals surface area contributed by atoms with E-state index in [1.807, 2.05) is 13.2 Å². The molecule has 3 heteroatoms. The summed E-state index contributed by atoms with van der Waals surface area (Å²) < 4.78 is 0. The zero-order chi connectivity index (χ0) is 13.9. The number of anilines is 1. The summed E-state index contributed by atoms with van der Waals surface area (Å²) in [6.07, 6.45) is 10.3. The zero-order valence-electron chi connectivity index (χ0n) is 12.8. The number of fused-ring (bicyclic) bond motifs is 1. The Hall–Kier alpha value is -1.09. The van der Waals surface area contributed by atoms with Gasteiger partial charge < -0.3 is 10.2 Å². The molecule has 1 aromatic heterocycles. The molecule has 1 aliphatic heterocycles. The molecule has 1 aliphatic carbocycles. The lowest BCUT2D eigenvalue weighted by molar-refractivity contribution is 0.242. The molecule has 3 rings (SSSR count). The van der Waals surface area contributed by atoms with Crippen LogP contribution in [-0.2, 0) is 0 Å². The summed E-state index contributed by atoms with van der Waals surface area (Å²) in [4.78, 5) is 7.37. The standard InChI is InChI=1S/C17H27N3/c1-13(18-2)15-9-5-11-19-17(15)20-12-6-8-14-7-3-4-10-16(14)20/h5,9,11,13-14,16,18H,3-4,6-8,10,12H2,1-2H3/t13?,14-,16-/m1/s1. The smallest absolute Gasteiger partial charge is 0.133 e. The Balaban J connectivity index is 1.91. The molecule has 20 heavy (non-hydrogen) atoms. The summed E-state index contributed by atoms with van der Waals surface area (Å²) in [7, 11) is 2.03. The minimum atomic E-state index is 0.364. The van der Waals surface area contributed by atoms with E-state index in [4.69, 9.17) is 4.98 Å². The van der Waals surface area contributed by atoms with Gasteiger partial charge in [0, 0.05) is 30.4 Å². The molecule has 0 amide bonds. The number of pyridine rings is 1. The first kappa shape index (κ1) is 13.9. The van der Waals surface area contributed by atoms with Gasteiger partial charge in [-0.3, -0.25) is 0 Å². The first-order valence-electron chi connectivity index (χ1n) is 8.20. The van der Waals surface area contributed by atoms with Crippen LogP contribution in [0.5, 0.6) is 0 Å². The molecule has 3 nitrogen and oxygen atoms in total. The maximum atomic E-state index is 4.75. The lowest BCUT2D eigenvalue weighted by Crippen LogP contribution is -2.47. The third-order valence-electron chi connectivity index (χ3n) is 5.23. The molecule has 1 N–H and O–H groups in total. The number of nitrogens with zero attached hydrogens (tertiary/aromatic N) is 2. The van der Waals surface area contributed by atoms with Crippen molar-refractivity contribution in [1.82, 2.24) is 10.3 Å². The zero-order valence-corrected chi connectivity index (χ0v) is 12.8. The van der Waals surface area contributed by atoms with Crippen LogP contribution in [0.2, 0.25) is 0 Å². The van der Waals surface area contributed by atoms with Crippen LogP contribution in [0.4, 0.5) is 5.82 Å². The van der Waals surface area contributed by atoms with E-state index in [1.165, 1.54) is 56.5 Å². The summed E-state index contributed by atoms with van der Waals surface area (Å²) >= 11 is 0. The number of hydrogen-bond acceptors (Lipinski definition) is 3. The normalized spacial score (nSPS) is 28.0. The SMILES string of the molecule is CNC(C)c1cccnc1N1CCC[C@H]2CCCC[C@H]21. The molecule has 0 radical (unpaired) electrons. The summed E-state index contributed by atoms with van der Waals surface area (Å²) in [5.74, 6) is 2.13. The van der Waals surface area contributed by atoms with Gasteiger partial charge in [-0.1, -0.05) is 18.9 Å². The van der Waals surface area contributed by atoms with Gasteiger partial charge in [0.05, 0.1) is 0 Å². The first-order chi connectivity index (χ1) is 9.81. The summed E-state index contributed by atoms with van der Waals surface area (Å²) in [5.41, 5.74) is 1.35. The largest absolute Gasteiger partial charge is 0.353 e. The van der Waals surface area contributed by atoms with Crippen LogP contribution in [0.25, 0.3) is 0 Å². The molecule has 1 saturated carbocycles. The fraction of sp³-hybridized carbons (Fsp3) is 0.706. The number of rotatable bonds is 3. The minimum absolute atomic E-state index is 0.364. The van der Waals surface area contributed by atoms with E-state index in [0.29, 0.717) is 6.04 Å². The maximum absolute atomic E-state index is 4.75. The second-order valence-corrected chi connectivity index (χ2v) is 6.37. The van der Waals surface area contributed by atoms with Crippen LogP contribution >= 0.6 is 0 Å². The number of aromatic nitrogens is 1. The molecular formula is C17H27N3. The number of hydrogen-bond donors (Lipinski definition) is 1. The van der Waals surface area contributed by atoms with E-state index in [0.717, 1.165) is 12.0 Å². The monoisotopic (exact) mass is 273 g/mol. The van der Waals surface area contributed by atoms with E-state index >= 15 is 0 Å². The van der Waals surface area contributed by atoms with Crippen molar-refractivity contribution in [2.45, 2.75) is 57.5 Å². The molecule has 0 bridgehead atoms. The Labute approximate surface area is 122 Å². The molecule has 3 atom stereocenters. The average molecular weight is 273 g/mol. The Morgan fingerprint density at radius 2 is 2.05 bits per heavy atom. The molecule has 1 unspecified atom stereocenters. The molecule has 2 fully saturated rings. The fourth-order valence-electron chi connectivity index (χ4n) is 4.03. The third kappa shape index (κ3) is 2.56. The molecule has 1 aromatic rings. The Morgan fingerprint density at radius 1 is 1.25 bits per heavy atom. The van der Waals surface area contributed by atoms with Crippen molar-refractivity contribution in [1.29, 1.82) is 0 Å². The van der Waals surface area contributed by atoms with Crippen LogP contribution in [0.3, 0.4) is 0 Å². The molecule has 1 saturated heterocycles. The van der Waals surface area contributed by atoms with Crippen LogP contribution < -0.4 is 10.2 Å². The lowest BCUT2D eigenvalue weighted by atomic mass is 9.78. The van der Waals surface area contributed by atoms with Crippen molar-refractivity contribution in [3.8, 4) is 0 Å². The quantitative estimate of drug-likeness (QED) is 0.913. The van der Waals surface area contributed by atoms with Gasteiger partial charge in [-0.15, -0.1) is 0 Å². The highest BCUT2D eigenvalue weighted by Crippen LogP contribution is 2.38. The van der Waals surface area contributed by atoms with Crippen LogP contribution in [0, 0.1) is 5.92 Å². The highest BCUT2D eigenvalue weighted by molar-refractivity contribution is 5.50. The molecule has 0 aromatic carbocycles. The Morgan fingerprint density at radius 3 is 2.90 bits per heavy atom. The summed E-state index contributed by atoms with van der Waals surface area (Å²) in [6.45, 7) is 3.41. The minimum Gasteiger partial charge on any atom is -0.353 e. The van der Waals surface area contributed by atoms with Crippen molar-refractivity contribution in [3.05, 3.63) is 23.9 Å². The van der Waals surface area contributed by atoms with Gasteiger partial charge in [0.1, 0.15) is 5.82 Å². The predicted octanol–water partition coefficient (Wildman–Crippen LogP) is 3.52. The van der Waals surface area contributed by atoms with Crippen LogP contribution in [0.15, 0.2) is 18.3 Å².